The highest BCUT2D eigenvalue weighted by Gasteiger charge is 2.21. The summed E-state index contributed by atoms with van der Waals surface area (Å²) >= 11 is 0. The summed E-state index contributed by atoms with van der Waals surface area (Å²) in [4.78, 5) is 0. The van der Waals surface area contributed by atoms with Crippen molar-refractivity contribution in [2.75, 3.05) is 19.8 Å². The lowest BCUT2D eigenvalue weighted by atomic mass is 10.1. The van der Waals surface area contributed by atoms with Crippen molar-refractivity contribution in [1.82, 2.24) is 5.32 Å². The SMILES string of the molecule is CCCOc1ccc(C(C)NCC2CC2)cc1OCCC. The Hall–Kier alpha value is -1.22. The summed E-state index contributed by atoms with van der Waals surface area (Å²) in [5.41, 5.74) is 1.27. The van der Waals surface area contributed by atoms with Gasteiger partial charge in [0.1, 0.15) is 0 Å². The third-order valence-electron chi connectivity index (χ3n) is 3.80. The maximum Gasteiger partial charge on any atom is 0.161 e. The summed E-state index contributed by atoms with van der Waals surface area (Å²) < 4.78 is 11.6. The normalized spacial score (nSPS) is 15.8. The predicted octanol–water partition coefficient (Wildman–Crippen LogP) is 4.32. The van der Waals surface area contributed by atoms with Gasteiger partial charge in [0.15, 0.2) is 11.5 Å². The van der Waals surface area contributed by atoms with E-state index >= 15 is 0 Å². The lowest BCUT2D eigenvalue weighted by Gasteiger charge is -2.18. The van der Waals surface area contributed by atoms with Crippen LogP contribution in [0.15, 0.2) is 18.2 Å². The molecule has 0 aliphatic heterocycles. The summed E-state index contributed by atoms with van der Waals surface area (Å²) in [6.45, 7) is 9.04. The van der Waals surface area contributed by atoms with Crippen LogP contribution in [0.5, 0.6) is 11.5 Å². The Labute approximate surface area is 129 Å². The van der Waals surface area contributed by atoms with Gasteiger partial charge in [0.2, 0.25) is 0 Å². The first kappa shape index (κ1) is 16.2. The molecule has 1 unspecified atom stereocenters. The molecule has 0 aromatic heterocycles. The van der Waals surface area contributed by atoms with Gasteiger partial charge in [0.05, 0.1) is 13.2 Å². The van der Waals surface area contributed by atoms with Gasteiger partial charge < -0.3 is 14.8 Å². The number of nitrogens with one attached hydrogen (secondary N) is 1. The van der Waals surface area contributed by atoms with Crippen LogP contribution in [0, 0.1) is 5.92 Å². The molecule has 21 heavy (non-hydrogen) atoms. The topological polar surface area (TPSA) is 30.5 Å². The van der Waals surface area contributed by atoms with Gasteiger partial charge in [-0.3, -0.25) is 0 Å². The molecule has 1 aliphatic carbocycles. The molecular weight excluding hydrogens is 262 g/mol. The van der Waals surface area contributed by atoms with E-state index in [1.807, 2.05) is 6.07 Å². The fraction of sp³-hybridized carbons (Fsp3) is 0.667. The summed E-state index contributed by atoms with van der Waals surface area (Å²) in [5, 5.41) is 3.61. The molecule has 3 heteroatoms. The highest BCUT2D eigenvalue weighted by molar-refractivity contribution is 5.43. The van der Waals surface area contributed by atoms with Gasteiger partial charge >= 0.3 is 0 Å². The Morgan fingerprint density at radius 3 is 2.38 bits per heavy atom. The Bertz CT molecular complexity index is 429. The van der Waals surface area contributed by atoms with E-state index < -0.39 is 0 Å². The Kier molecular flexibility index (Phi) is 6.37. The number of hydrogen-bond acceptors (Lipinski definition) is 3. The van der Waals surface area contributed by atoms with Crippen molar-refractivity contribution in [3.8, 4) is 11.5 Å². The lowest BCUT2D eigenvalue weighted by molar-refractivity contribution is 0.268. The quantitative estimate of drug-likeness (QED) is 0.696. The van der Waals surface area contributed by atoms with Crippen molar-refractivity contribution in [1.29, 1.82) is 0 Å². The first-order valence-electron chi connectivity index (χ1n) is 8.37. The largest absolute Gasteiger partial charge is 0.490 e. The fourth-order valence-electron chi connectivity index (χ4n) is 2.23. The second-order valence-corrected chi connectivity index (χ2v) is 5.98. The van der Waals surface area contributed by atoms with Crippen molar-refractivity contribution < 1.29 is 9.47 Å². The van der Waals surface area contributed by atoms with E-state index in [0.29, 0.717) is 6.04 Å². The molecule has 3 nitrogen and oxygen atoms in total. The van der Waals surface area contributed by atoms with E-state index in [1.54, 1.807) is 0 Å². The minimum atomic E-state index is 0.356. The van der Waals surface area contributed by atoms with Crippen molar-refractivity contribution in [2.45, 2.75) is 52.5 Å². The minimum Gasteiger partial charge on any atom is -0.490 e. The van der Waals surface area contributed by atoms with Crippen LogP contribution in [0.3, 0.4) is 0 Å². The lowest BCUT2D eigenvalue weighted by Crippen LogP contribution is -2.21. The first-order chi connectivity index (χ1) is 10.2. The zero-order valence-electron chi connectivity index (χ0n) is 13.7. The molecule has 2 rings (SSSR count). The van der Waals surface area contributed by atoms with Gasteiger partial charge in [-0.2, -0.15) is 0 Å². The minimum absolute atomic E-state index is 0.356. The van der Waals surface area contributed by atoms with Crippen molar-refractivity contribution >= 4 is 0 Å². The Morgan fingerprint density at radius 1 is 1.10 bits per heavy atom. The molecular formula is C18H29NO2. The molecule has 0 amide bonds. The van der Waals surface area contributed by atoms with Crippen LogP contribution in [-0.4, -0.2) is 19.8 Å². The van der Waals surface area contributed by atoms with Crippen molar-refractivity contribution in [3.63, 3.8) is 0 Å². The molecule has 1 aliphatic rings. The van der Waals surface area contributed by atoms with E-state index in [1.165, 1.54) is 18.4 Å². The average Bonchev–Trinajstić information content (AvgIpc) is 3.33. The van der Waals surface area contributed by atoms with Crippen LogP contribution in [0.1, 0.15) is 58.1 Å². The molecule has 0 heterocycles. The van der Waals surface area contributed by atoms with Crippen LogP contribution >= 0.6 is 0 Å². The molecule has 0 bridgehead atoms. The monoisotopic (exact) mass is 291 g/mol. The van der Waals surface area contributed by atoms with Crippen molar-refractivity contribution in [3.05, 3.63) is 23.8 Å². The molecule has 1 aromatic carbocycles. The number of ether oxygens (including phenoxy) is 2. The zero-order chi connectivity index (χ0) is 15.1. The third-order valence-corrected chi connectivity index (χ3v) is 3.80. The maximum absolute atomic E-state index is 5.86. The molecule has 1 atom stereocenters. The van der Waals surface area contributed by atoms with Crippen LogP contribution in [0.2, 0.25) is 0 Å². The summed E-state index contributed by atoms with van der Waals surface area (Å²) in [6.07, 6.45) is 4.78. The summed E-state index contributed by atoms with van der Waals surface area (Å²) in [6, 6.07) is 6.68. The highest BCUT2D eigenvalue weighted by atomic mass is 16.5. The predicted molar refractivity (Wildman–Crippen MR) is 87.2 cm³/mol. The standard InChI is InChI=1S/C18H29NO2/c1-4-10-20-17-9-8-16(12-18(17)21-11-5-2)14(3)19-13-15-6-7-15/h8-9,12,14-15,19H,4-7,10-11,13H2,1-3H3. The van der Waals surface area contributed by atoms with E-state index in [9.17, 15) is 0 Å². The van der Waals surface area contributed by atoms with Gasteiger partial charge in [-0.1, -0.05) is 19.9 Å². The Balaban J connectivity index is 2.02. The van der Waals surface area contributed by atoms with E-state index in [2.05, 4.69) is 38.2 Å². The smallest absolute Gasteiger partial charge is 0.161 e. The van der Waals surface area contributed by atoms with Gasteiger partial charge in [0, 0.05) is 6.04 Å². The molecule has 1 aromatic rings. The zero-order valence-corrected chi connectivity index (χ0v) is 13.7. The summed E-state index contributed by atoms with van der Waals surface area (Å²) in [7, 11) is 0. The van der Waals surface area contributed by atoms with Crippen LogP contribution in [0.4, 0.5) is 0 Å². The number of rotatable bonds is 10. The second kappa shape index (κ2) is 8.28. The molecule has 1 fully saturated rings. The van der Waals surface area contributed by atoms with Gasteiger partial charge in [0.25, 0.3) is 0 Å². The third kappa shape index (κ3) is 5.24. The summed E-state index contributed by atoms with van der Waals surface area (Å²) in [5.74, 6) is 2.64. The van der Waals surface area contributed by atoms with Gasteiger partial charge in [-0.15, -0.1) is 0 Å². The molecule has 1 N–H and O–H groups in total. The van der Waals surface area contributed by atoms with E-state index in [-0.39, 0.29) is 0 Å². The van der Waals surface area contributed by atoms with Crippen LogP contribution in [0.25, 0.3) is 0 Å². The van der Waals surface area contributed by atoms with E-state index in [0.717, 1.165) is 50.0 Å². The van der Waals surface area contributed by atoms with Gasteiger partial charge in [-0.05, 0) is 62.8 Å². The fourth-order valence-corrected chi connectivity index (χ4v) is 2.23. The van der Waals surface area contributed by atoms with Crippen molar-refractivity contribution in [2.24, 2.45) is 5.92 Å². The molecule has 0 radical (unpaired) electrons. The first-order valence-corrected chi connectivity index (χ1v) is 8.37. The highest BCUT2D eigenvalue weighted by Crippen LogP contribution is 2.32. The van der Waals surface area contributed by atoms with Crippen LogP contribution < -0.4 is 14.8 Å². The second-order valence-electron chi connectivity index (χ2n) is 5.98. The van der Waals surface area contributed by atoms with E-state index in [4.69, 9.17) is 9.47 Å². The number of hydrogen-bond donors (Lipinski definition) is 1. The molecule has 118 valence electrons. The molecule has 1 saturated carbocycles. The Morgan fingerprint density at radius 2 is 1.76 bits per heavy atom. The number of benzene rings is 1. The molecule has 0 saturated heterocycles. The molecule has 0 spiro atoms. The van der Waals surface area contributed by atoms with Gasteiger partial charge in [-0.25, -0.2) is 0 Å². The average molecular weight is 291 g/mol. The van der Waals surface area contributed by atoms with Crippen LogP contribution in [-0.2, 0) is 0 Å². The maximum atomic E-state index is 5.86.